The number of nitrogens with one attached hydrogen (secondary N) is 1. The highest BCUT2D eigenvalue weighted by Gasteiger charge is 2.34. The summed E-state index contributed by atoms with van der Waals surface area (Å²) in [6, 6.07) is 11.5. The standard InChI is InChI=1S/C26H37FN4O5S/c1-6-8-17-28-26(33)23(7-2)30(18-20-13-15-21(36-5)16-14-20)25(32)19-31(37(34,35)29(3)4)24-12-10-9-11-22(24)27/h9-16,23H,6-8,17-19H2,1-5H3,(H,28,33)/t23-/m1/s1. The highest BCUT2D eigenvalue weighted by molar-refractivity contribution is 7.90. The summed E-state index contributed by atoms with van der Waals surface area (Å²) in [6.07, 6.45) is 1.99. The number of carbonyl (C=O) groups is 2. The minimum Gasteiger partial charge on any atom is -0.497 e. The summed E-state index contributed by atoms with van der Waals surface area (Å²) in [7, 11) is -0.0817. The predicted molar refractivity (Wildman–Crippen MR) is 142 cm³/mol. The number of nitrogens with zero attached hydrogens (tertiary/aromatic N) is 3. The molecule has 0 spiro atoms. The molecule has 0 aliphatic carbocycles. The quantitative estimate of drug-likeness (QED) is 0.374. The van der Waals surface area contributed by atoms with Crippen LogP contribution in [0.5, 0.6) is 5.75 Å². The summed E-state index contributed by atoms with van der Waals surface area (Å²) in [5.74, 6) is -1.12. The molecule has 0 fully saturated rings. The van der Waals surface area contributed by atoms with Gasteiger partial charge in [-0.3, -0.25) is 9.59 Å². The normalized spacial score (nSPS) is 12.2. The van der Waals surface area contributed by atoms with Crippen molar-refractivity contribution in [3.63, 3.8) is 0 Å². The molecule has 0 unspecified atom stereocenters. The molecule has 0 aliphatic rings. The molecule has 11 heteroatoms. The van der Waals surface area contributed by atoms with Gasteiger partial charge in [0.15, 0.2) is 0 Å². The van der Waals surface area contributed by atoms with Crippen molar-refractivity contribution < 1.29 is 27.1 Å². The number of benzene rings is 2. The molecular weight excluding hydrogens is 499 g/mol. The molecule has 2 rings (SSSR count). The minimum absolute atomic E-state index is 0.0512. The third-order valence-electron chi connectivity index (χ3n) is 5.87. The van der Waals surface area contributed by atoms with Crippen LogP contribution in [0.15, 0.2) is 48.5 Å². The molecular formula is C26H37FN4O5S. The molecule has 204 valence electrons. The Labute approximate surface area is 219 Å². The molecule has 0 saturated carbocycles. The van der Waals surface area contributed by atoms with E-state index in [1.807, 2.05) is 6.92 Å². The molecule has 2 aromatic rings. The first-order valence-corrected chi connectivity index (χ1v) is 13.6. The number of methoxy groups -OCH3 is 1. The van der Waals surface area contributed by atoms with E-state index in [4.69, 9.17) is 4.74 Å². The third kappa shape index (κ3) is 7.90. The molecule has 0 heterocycles. The number of halogens is 1. The summed E-state index contributed by atoms with van der Waals surface area (Å²) in [4.78, 5) is 28.2. The van der Waals surface area contributed by atoms with Gasteiger partial charge in [0.2, 0.25) is 11.8 Å². The molecule has 0 bridgehead atoms. The van der Waals surface area contributed by atoms with Gasteiger partial charge in [0.1, 0.15) is 24.2 Å². The second-order valence-corrected chi connectivity index (χ2v) is 10.8. The Balaban J connectivity index is 2.48. The van der Waals surface area contributed by atoms with Crippen LogP contribution in [0.2, 0.25) is 0 Å². The number of rotatable bonds is 14. The fourth-order valence-electron chi connectivity index (χ4n) is 3.71. The highest BCUT2D eigenvalue weighted by atomic mass is 32.2. The molecule has 0 aliphatic heterocycles. The number of amides is 2. The zero-order valence-corrected chi connectivity index (χ0v) is 22.9. The molecule has 9 nitrogen and oxygen atoms in total. The summed E-state index contributed by atoms with van der Waals surface area (Å²) < 4.78 is 47.8. The van der Waals surface area contributed by atoms with Crippen molar-refractivity contribution in [1.82, 2.24) is 14.5 Å². The van der Waals surface area contributed by atoms with Gasteiger partial charge in [-0.1, -0.05) is 44.5 Å². The summed E-state index contributed by atoms with van der Waals surface area (Å²) >= 11 is 0. The summed E-state index contributed by atoms with van der Waals surface area (Å²) in [6.45, 7) is 3.62. The van der Waals surface area contributed by atoms with Crippen LogP contribution in [0.1, 0.15) is 38.7 Å². The second kappa shape index (κ2) is 13.9. The first-order chi connectivity index (χ1) is 17.6. The molecule has 0 aromatic heterocycles. The molecule has 37 heavy (non-hydrogen) atoms. The molecule has 1 atom stereocenters. The number of para-hydroxylation sites is 1. The Morgan fingerprint density at radius 1 is 1.05 bits per heavy atom. The number of carbonyl (C=O) groups excluding carboxylic acids is 2. The maximum Gasteiger partial charge on any atom is 0.304 e. The smallest absolute Gasteiger partial charge is 0.304 e. The number of hydrogen-bond donors (Lipinski definition) is 1. The van der Waals surface area contributed by atoms with E-state index in [0.29, 0.717) is 18.7 Å². The van der Waals surface area contributed by atoms with Crippen molar-refractivity contribution in [2.45, 2.75) is 45.7 Å². The van der Waals surface area contributed by atoms with Gasteiger partial charge in [-0.2, -0.15) is 12.7 Å². The van der Waals surface area contributed by atoms with Crippen molar-refractivity contribution >= 4 is 27.7 Å². The largest absolute Gasteiger partial charge is 0.497 e. The number of ether oxygens (including phenoxy) is 1. The van der Waals surface area contributed by atoms with E-state index in [9.17, 15) is 22.4 Å². The van der Waals surface area contributed by atoms with Crippen LogP contribution in [0.25, 0.3) is 0 Å². The van der Waals surface area contributed by atoms with E-state index in [2.05, 4.69) is 5.32 Å². The van der Waals surface area contributed by atoms with Crippen molar-refractivity contribution in [2.24, 2.45) is 0 Å². The average molecular weight is 537 g/mol. The molecule has 1 N–H and O–H groups in total. The lowest BCUT2D eigenvalue weighted by atomic mass is 10.1. The van der Waals surface area contributed by atoms with E-state index in [-0.39, 0.29) is 18.1 Å². The van der Waals surface area contributed by atoms with Gasteiger partial charge in [-0.25, -0.2) is 8.70 Å². The van der Waals surface area contributed by atoms with Crippen LogP contribution in [-0.4, -0.2) is 69.8 Å². The number of anilines is 1. The molecule has 2 amide bonds. The number of hydrogen-bond acceptors (Lipinski definition) is 5. The first kappa shape index (κ1) is 30.0. The van der Waals surface area contributed by atoms with Crippen molar-refractivity contribution in [3.05, 3.63) is 59.9 Å². The van der Waals surface area contributed by atoms with E-state index in [1.54, 1.807) is 38.3 Å². The second-order valence-electron chi connectivity index (χ2n) is 8.69. The average Bonchev–Trinajstić information content (AvgIpc) is 2.88. The van der Waals surface area contributed by atoms with Crippen LogP contribution in [-0.2, 0) is 26.3 Å². The third-order valence-corrected chi connectivity index (χ3v) is 7.67. The van der Waals surface area contributed by atoms with Crippen LogP contribution >= 0.6 is 0 Å². The van der Waals surface area contributed by atoms with Crippen LogP contribution in [0.3, 0.4) is 0 Å². The Morgan fingerprint density at radius 3 is 2.24 bits per heavy atom. The van der Waals surface area contributed by atoms with Gasteiger partial charge in [-0.05, 0) is 42.7 Å². The van der Waals surface area contributed by atoms with Crippen LogP contribution < -0.4 is 14.4 Å². The van der Waals surface area contributed by atoms with Crippen molar-refractivity contribution in [1.29, 1.82) is 0 Å². The van der Waals surface area contributed by atoms with E-state index < -0.39 is 34.5 Å². The zero-order valence-electron chi connectivity index (χ0n) is 22.1. The van der Waals surface area contributed by atoms with Crippen molar-refractivity contribution in [3.8, 4) is 5.75 Å². The Morgan fingerprint density at radius 2 is 1.70 bits per heavy atom. The zero-order chi connectivity index (χ0) is 27.6. The Bertz CT molecular complexity index is 1140. The van der Waals surface area contributed by atoms with Gasteiger partial charge >= 0.3 is 10.2 Å². The van der Waals surface area contributed by atoms with Crippen molar-refractivity contribution in [2.75, 3.05) is 38.6 Å². The number of unbranched alkanes of at least 4 members (excludes halogenated alkanes) is 1. The van der Waals surface area contributed by atoms with Gasteiger partial charge in [-0.15, -0.1) is 0 Å². The Hall–Kier alpha value is -3.18. The molecule has 2 aromatic carbocycles. The lowest BCUT2D eigenvalue weighted by Gasteiger charge is -2.34. The predicted octanol–water partition coefficient (Wildman–Crippen LogP) is 3.17. The lowest BCUT2D eigenvalue weighted by Crippen LogP contribution is -2.53. The van der Waals surface area contributed by atoms with Gasteiger partial charge in [0.05, 0.1) is 12.8 Å². The highest BCUT2D eigenvalue weighted by Crippen LogP contribution is 2.24. The monoisotopic (exact) mass is 536 g/mol. The van der Waals surface area contributed by atoms with Gasteiger partial charge in [0.25, 0.3) is 0 Å². The lowest BCUT2D eigenvalue weighted by molar-refractivity contribution is -0.140. The van der Waals surface area contributed by atoms with Crippen LogP contribution in [0, 0.1) is 5.82 Å². The maximum atomic E-state index is 14.7. The first-order valence-electron chi connectivity index (χ1n) is 12.2. The van der Waals surface area contributed by atoms with Gasteiger partial charge in [0, 0.05) is 27.2 Å². The molecule has 0 saturated heterocycles. The SMILES string of the molecule is CCCCNC(=O)[C@@H](CC)N(Cc1ccc(OC)cc1)C(=O)CN(c1ccccc1F)S(=O)(=O)N(C)C. The fraction of sp³-hybridized carbons (Fsp3) is 0.462. The minimum atomic E-state index is -4.23. The Kier molecular flexibility index (Phi) is 11.3. The summed E-state index contributed by atoms with van der Waals surface area (Å²) in [5.41, 5.74) is 0.469. The fourth-order valence-corrected chi connectivity index (χ4v) is 4.77. The van der Waals surface area contributed by atoms with Gasteiger partial charge < -0.3 is 15.0 Å². The van der Waals surface area contributed by atoms with E-state index in [1.165, 1.54) is 37.2 Å². The summed E-state index contributed by atoms with van der Waals surface area (Å²) in [5, 5.41) is 2.86. The van der Waals surface area contributed by atoms with Crippen LogP contribution in [0.4, 0.5) is 10.1 Å². The molecule has 0 radical (unpaired) electrons. The van der Waals surface area contributed by atoms with E-state index >= 15 is 0 Å². The topological polar surface area (TPSA) is 99.3 Å². The maximum absolute atomic E-state index is 14.7. The van der Waals surface area contributed by atoms with E-state index in [0.717, 1.165) is 33.1 Å².